The number of aromatic nitrogens is 2. The Balaban J connectivity index is 2.44. The van der Waals surface area contributed by atoms with Crippen LogP contribution < -0.4 is 16.0 Å². The molecule has 1 heterocycles. The number of benzene rings is 1. The molecule has 0 spiro atoms. The van der Waals surface area contributed by atoms with Crippen molar-refractivity contribution in [2.45, 2.75) is 26.2 Å². The molecule has 0 bridgehead atoms. The summed E-state index contributed by atoms with van der Waals surface area (Å²) in [6.45, 7) is 5.76. The molecule has 0 unspecified atom stereocenters. The van der Waals surface area contributed by atoms with Gasteiger partial charge < -0.3 is 10.5 Å². The lowest BCUT2D eigenvalue weighted by atomic mass is 9.88. The fourth-order valence-electron chi connectivity index (χ4n) is 1.78. The third-order valence-electron chi connectivity index (χ3n) is 2.82. The zero-order chi connectivity index (χ0) is 15.8. The quantitative estimate of drug-likeness (QED) is 0.823. The van der Waals surface area contributed by atoms with Crippen molar-refractivity contribution in [3.63, 3.8) is 0 Å². The highest BCUT2D eigenvalue weighted by Crippen LogP contribution is 2.37. The third-order valence-corrected chi connectivity index (χ3v) is 3.38. The van der Waals surface area contributed by atoms with Crippen molar-refractivity contribution in [1.29, 1.82) is 0 Å². The molecule has 21 heavy (non-hydrogen) atoms. The molecular formula is C14H15Cl2N3O2. The Bertz CT molecular complexity index is 713. The van der Waals surface area contributed by atoms with Gasteiger partial charge in [0, 0.05) is 17.3 Å². The van der Waals surface area contributed by atoms with Gasteiger partial charge in [0.05, 0.1) is 10.0 Å². The molecule has 1 aromatic carbocycles. The van der Waals surface area contributed by atoms with E-state index >= 15 is 0 Å². The summed E-state index contributed by atoms with van der Waals surface area (Å²) in [5.74, 6) is 0.444. The normalized spacial score (nSPS) is 11.5. The van der Waals surface area contributed by atoms with Crippen LogP contribution in [-0.4, -0.2) is 10.2 Å². The maximum Gasteiger partial charge on any atom is 0.268 e. The lowest BCUT2D eigenvalue weighted by Crippen LogP contribution is -2.25. The van der Waals surface area contributed by atoms with Gasteiger partial charge in [-0.05, 0) is 17.5 Å². The number of aromatic amines is 1. The van der Waals surface area contributed by atoms with Crippen LogP contribution in [0.1, 0.15) is 26.3 Å². The molecule has 0 aliphatic carbocycles. The maximum absolute atomic E-state index is 11.8. The molecule has 0 saturated heterocycles. The first-order valence-electron chi connectivity index (χ1n) is 6.21. The van der Waals surface area contributed by atoms with Crippen molar-refractivity contribution in [3.05, 3.63) is 44.2 Å². The Morgan fingerprint density at radius 1 is 1.19 bits per heavy atom. The van der Waals surface area contributed by atoms with Crippen LogP contribution in [0, 0.1) is 0 Å². The highest BCUT2D eigenvalue weighted by molar-refractivity contribution is 6.37. The van der Waals surface area contributed by atoms with Crippen LogP contribution in [0.2, 0.25) is 10.0 Å². The minimum atomic E-state index is -0.344. The van der Waals surface area contributed by atoms with E-state index in [9.17, 15) is 4.79 Å². The summed E-state index contributed by atoms with van der Waals surface area (Å²) in [5.41, 5.74) is 6.02. The van der Waals surface area contributed by atoms with E-state index in [-0.39, 0.29) is 32.6 Å². The molecule has 0 saturated carbocycles. The van der Waals surface area contributed by atoms with Crippen molar-refractivity contribution >= 4 is 28.9 Å². The first-order valence-corrected chi connectivity index (χ1v) is 6.96. The standard InChI is InChI=1S/C14H15Cl2N3O2/c1-14(2,3)8-6-11(18-19-13(8)20)21-12-9(15)4-7(17)5-10(12)16/h4-6H,17H2,1-3H3,(H,19,20). The molecule has 2 aromatic rings. The van der Waals surface area contributed by atoms with Gasteiger partial charge in [0.2, 0.25) is 5.88 Å². The second-order valence-corrected chi connectivity index (χ2v) is 6.43. The summed E-state index contributed by atoms with van der Waals surface area (Å²) in [4.78, 5) is 11.8. The van der Waals surface area contributed by atoms with E-state index in [1.807, 2.05) is 20.8 Å². The number of rotatable bonds is 2. The van der Waals surface area contributed by atoms with Gasteiger partial charge in [0.15, 0.2) is 5.75 Å². The fraction of sp³-hybridized carbons (Fsp3) is 0.286. The van der Waals surface area contributed by atoms with Crippen LogP contribution in [0.15, 0.2) is 23.0 Å². The molecule has 5 nitrogen and oxygen atoms in total. The molecule has 0 radical (unpaired) electrons. The number of hydrogen-bond donors (Lipinski definition) is 2. The van der Waals surface area contributed by atoms with Crippen LogP contribution in [0.25, 0.3) is 0 Å². The van der Waals surface area contributed by atoms with Gasteiger partial charge in [-0.25, -0.2) is 5.10 Å². The van der Waals surface area contributed by atoms with Crippen molar-refractivity contribution in [2.75, 3.05) is 5.73 Å². The van der Waals surface area contributed by atoms with Gasteiger partial charge in [-0.3, -0.25) is 4.79 Å². The van der Waals surface area contributed by atoms with Crippen LogP contribution in [0.5, 0.6) is 11.6 Å². The van der Waals surface area contributed by atoms with Gasteiger partial charge in [-0.2, -0.15) is 0 Å². The first-order chi connectivity index (χ1) is 9.68. The average Bonchev–Trinajstić information content (AvgIpc) is 2.34. The van der Waals surface area contributed by atoms with Crippen LogP contribution in [0.4, 0.5) is 5.69 Å². The molecule has 0 amide bonds. The molecule has 3 N–H and O–H groups in total. The van der Waals surface area contributed by atoms with E-state index in [0.29, 0.717) is 11.3 Å². The van der Waals surface area contributed by atoms with Crippen LogP contribution >= 0.6 is 23.2 Å². The van der Waals surface area contributed by atoms with E-state index in [2.05, 4.69) is 10.2 Å². The number of nitrogens with two attached hydrogens (primary N) is 1. The average molecular weight is 328 g/mol. The maximum atomic E-state index is 11.8. The molecule has 7 heteroatoms. The topological polar surface area (TPSA) is 81.0 Å². The minimum absolute atomic E-state index is 0.202. The Hall–Kier alpha value is -1.72. The highest BCUT2D eigenvalue weighted by Gasteiger charge is 2.20. The largest absolute Gasteiger partial charge is 0.434 e. The van der Waals surface area contributed by atoms with Gasteiger partial charge >= 0.3 is 0 Å². The zero-order valence-electron chi connectivity index (χ0n) is 11.8. The van der Waals surface area contributed by atoms with Gasteiger partial charge in [-0.15, -0.1) is 5.10 Å². The highest BCUT2D eigenvalue weighted by atomic mass is 35.5. The number of nitrogen functional groups attached to an aromatic ring is 1. The van der Waals surface area contributed by atoms with E-state index in [4.69, 9.17) is 33.7 Å². The third kappa shape index (κ3) is 3.49. The molecule has 112 valence electrons. The molecule has 0 aliphatic heterocycles. The predicted molar refractivity (Wildman–Crippen MR) is 84.5 cm³/mol. The van der Waals surface area contributed by atoms with Gasteiger partial charge in [0.1, 0.15) is 0 Å². The van der Waals surface area contributed by atoms with Gasteiger partial charge in [0.25, 0.3) is 5.56 Å². The lowest BCUT2D eigenvalue weighted by molar-refractivity contribution is 0.448. The van der Waals surface area contributed by atoms with Crippen molar-refractivity contribution < 1.29 is 4.74 Å². The second kappa shape index (κ2) is 5.58. The van der Waals surface area contributed by atoms with Crippen LogP contribution in [-0.2, 0) is 5.41 Å². The monoisotopic (exact) mass is 327 g/mol. The number of nitrogens with zero attached hydrogens (tertiary/aromatic N) is 1. The molecule has 0 fully saturated rings. The molecule has 1 aromatic heterocycles. The van der Waals surface area contributed by atoms with Crippen LogP contribution in [0.3, 0.4) is 0 Å². The van der Waals surface area contributed by atoms with E-state index in [1.54, 1.807) is 6.07 Å². The molecule has 0 atom stereocenters. The number of hydrogen-bond acceptors (Lipinski definition) is 4. The van der Waals surface area contributed by atoms with Gasteiger partial charge in [-0.1, -0.05) is 44.0 Å². The fourth-order valence-corrected chi connectivity index (χ4v) is 2.36. The summed E-state index contributed by atoms with van der Waals surface area (Å²) in [6, 6.07) is 4.63. The lowest BCUT2D eigenvalue weighted by Gasteiger charge is -2.18. The molecular weight excluding hydrogens is 313 g/mol. The second-order valence-electron chi connectivity index (χ2n) is 5.61. The van der Waals surface area contributed by atoms with Crippen molar-refractivity contribution in [1.82, 2.24) is 10.2 Å². The summed E-state index contributed by atoms with van der Waals surface area (Å²) in [5, 5.41) is 6.79. The predicted octanol–water partition coefficient (Wildman–Crippen LogP) is 3.75. The summed E-state index contributed by atoms with van der Waals surface area (Å²) in [6.07, 6.45) is 0. The number of nitrogens with one attached hydrogen (secondary N) is 1. The Morgan fingerprint density at radius 3 is 2.29 bits per heavy atom. The smallest absolute Gasteiger partial charge is 0.268 e. The Morgan fingerprint density at radius 2 is 1.76 bits per heavy atom. The van der Waals surface area contributed by atoms with E-state index in [1.165, 1.54) is 12.1 Å². The Kier molecular flexibility index (Phi) is 4.16. The van der Waals surface area contributed by atoms with Crippen molar-refractivity contribution in [2.24, 2.45) is 0 Å². The number of H-pyrrole nitrogens is 1. The SMILES string of the molecule is CC(C)(C)c1cc(Oc2c(Cl)cc(N)cc2Cl)n[nH]c1=O. The Labute approximate surface area is 132 Å². The van der Waals surface area contributed by atoms with E-state index in [0.717, 1.165) is 0 Å². The van der Waals surface area contributed by atoms with E-state index < -0.39 is 0 Å². The summed E-state index contributed by atoms with van der Waals surface area (Å²) >= 11 is 12.1. The number of halogens is 2. The first kappa shape index (κ1) is 15.7. The number of ether oxygens (including phenoxy) is 1. The zero-order valence-corrected chi connectivity index (χ0v) is 13.3. The molecule has 2 rings (SSSR count). The molecule has 0 aliphatic rings. The minimum Gasteiger partial charge on any atom is -0.434 e. The summed E-state index contributed by atoms with van der Waals surface area (Å²) in [7, 11) is 0. The number of anilines is 1. The van der Waals surface area contributed by atoms with Crippen molar-refractivity contribution in [3.8, 4) is 11.6 Å². The summed E-state index contributed by atoms with van der Waals surface area (Å²) < 4.78 is 5.59.